The van der Waals surface area contributed by atoms with Crippen LogP contribution in [0.3, 0.4) is 0 Å². The number of nitrogen functional groups attached to an aromatic ring is 1. The van der Waals surface area contributed by atoms with Crippen molar-refractivity contribution in [2.75, 3.05) is 12.3 Å². The Labute approximate surface area is 119 Å². The number of aromatic nitrogens is 2. The first kappa shape index (κ1) is 13.8. The predicted octanol–water partition coefficient (Wildman–Crippen LogP) is 1.08. The molecule has 2 heterocycles. The van der Waals surface area contributed by atoms with Crippen molar-refractivity contribution in [2.24, 2.45) is 0 Å². The standard InChI is InChI=1S/C13H20N4O2S/c14-13-15-8-10-6-7-17(9-12(10)16-13)20(18,19)11-4-2-1-3-5-11/h8,11H,1-7,9H2,(H2,14,15,16). The molecule has 3 rings (SSSR count). The Balaban J connectivity index is 1.82. The van der Waals surface area contributed by atoms with Gasteiger partial charge in [0.15, 0.2) is 0 Å². The predicted molar refractivity (Wildman–Crippen MR) is 76.4 cm³/mol. The van der Waals surface area contributed by atoms with Gasteiger partial charge in [0.2, 0.25) is 16.0 Å². The summed E-state index contributed by atoms with van der Waals surface area (Å²) in [5.41, 5.74) is 7.35. The van der Waals surface area contributed by atoms with Crippen molar-refractivity contribution >= 4 is 16.0 Å². The second kappa shape index (κ2) is 5.29. The Morgan fingerprint density at radius 2 is 2.00 bits per heavy atom. The molecule has 110 valence electrons. The van der Waals surface area contributed by atoms with E-state index >= 15 is 0 Å². The molecule has 6 nitrogen and oxygen atoms in total. The number of sulfonamides is 1. The fraction of sp³-hybridized carbons (Fsp3) is 0.692. The van der Waals surface area contributed by atoms with Gasteiger partial charge in [0.05, 0.1) is 17.5 Å². The van der Waals surface area contributed by atoms with Gasteiger partial charge in [0.1, 0.15) is 0 Å². The van der Waals surface area contributed by atoms with Gasteiger partial charge in [-0.1, -0.05) is 19.3 Å². The third-order valence-electron chi connectivity index (χ3n) is 4.26. The van der Waals surface area contributed by atoms with Crippen LogP contribution in [0.4, 0.5) is 5.95 Å². The zero-order chi connectivity index (χ0) is 14.2. The topological polar surface area (TPSA) is 89.2 Å². The van der Waals surface area contributed by atoms with Crippen LogP contribution in [0.5, 0.6) is 0 Å². The Bertz CT molecular complexity index is 596. The first-order valence-electron chi connectivity index (χ1n) is 7.16. The van der Waals surface area contributed by atoms with Gasteiger partial charge >= 0.3 is 0 Å². The van der Waals surface area contributed by atoms with Crippen molar-refractivity contribution in [3.8, 4) is 0 Å². The highest BCUT2D eigenvalue weighted by molar-refractivity contribution is 7.89. The van der Waals surface area contributed by atoms with Crippen LogP contribution >= 0.6 is 0 Å². The summed E-state index contributed by atoms with van der Waals surface area (Å²) < 4.78 is 27.0. The molecule has 0 amide bonds. The van der Waals surface area contributed by atoms with Gasteiger partial charge in [-0.3, -0.25) is 0 Å². The van der Waals surface area contributed by atoms with Gasteiger partial charge in [-0.15, -0.1) is 0 Å². The molecule has 1 aromatic rings. The molecule has 0 unspecified atom stereocenters. The molecule has 0 bridgehead atoms. The lowest BCUT2D eigenvalue weighted by Crippen LogP contribution is -2.42. The zero-order valence-electron chi connectivity index (χ0n) is 11.5. The van der Waals surface area contributed by atoms with E-state index in [1.54, 1.807) is 10.5 Å². The van der Waals surface area contributed by atoms with Crippen LogP contribution in [0.2, 0.25) is 0 Å². The highest BCUT2D eigenvalue weighted by Crippen LogP contribution is 2.29. The van der Waals surface area contributed by atoms with Crippen molar-refractivity contribution in [1.29, 1.82) is 0 Å². The van der Waals surface area contributed by atoms with E-state index in [2.05, 4.69) is 9.97 Å². The monoisotopic (exact) mass is 296 g/mol. The first-order chi connectivity index (χ1) is 9.57. The molecule has 7 heteroatoms. The van der Waals surface area contributed by atoms with E-state index in [-0.39, 0.29) is 11.2 Å². The highest BCUT2D eigenvalue weighted by atomic mass is 32.2. The molecule has 1 aliphatic heterocycles. The van der Waals surface area contributed by atoms with Crippen LogP contribution in [-0.2, 0) is 23.0 Å². The minimum atomic E-state index is -3.21. The number of hydrogen-bond acceptors (Lipinski definition) is 5. The molecule has 0 aromatic carbocycles. The number of nitrogens with two attached hydrogens (primary N) is 1. The summed E-state index contributed by atoms with van der Waals surface area (Å²) >= 11 is 0. The second-order valence-corrected chi connectivity index (χ2v) is 7.80. The van der Waals surface area contributed by atoms with Crippen LogP contribution in [0.15, 0.2) is 6.20 Å². The minimum absolute atomic E-state index is 0.209. The molecular formula is C13H20N4O2S. The summed E-state index contributed by atoms with van der Waals surface area (Å²) in [7, 11) is -3.21. The molecule has 0 atom stereocenters. The lowest BCUT2D eigenvalue weighted by Gasteiger charge is -2.32. The molecule has 20 heavy (non-hydrogen) atoms. The molecule has 1 fully saturated rings. The van der Waals surface area contributed by atoms with Crippen molar-refractivity contribution in [2.45, 2.75) is 50.3 Å². The van der Waals surface area contributed by atoms with E-state index in [1.165, 1.54) is 0 Å². The SMILES string of the molecule is Nc1ncc2c(n1)CN(S(=O)(=O)C1CCCCC1)CC2. The van der Waals surface area contributed by atoms with Gasteiger partial charge in [-0.2, -0.15) is 4.31 Å². The van der Waals surface area contributed by atoms with Gasteiger partial charge in [0.25, 0.3) is 0 Å². The van der Waals surface area contributed by atoms with Crippen molar-refractivity contribution in [3.05, 3.63) is 17.5 Å². The average molecular weight is 296 g/mol. The maximum atomic E-state index is 12.7. The molecule has 0 radical (unpaired) electrons. The van der Waals surface area contributed by atoms with Crippen LogP contribution in [-0.4, -0.2) is 34.5 Å². The summed E-state index contributed by atoms with van der Waals surface area (Å²) in [6.45, 7) is 0.861. The fourth-order valence-electron chi connectivity index (χ4n) is 3.09. The smallest absolute Gasteiger partial charge is 0.220 e. The number of anilines is 1. The van der Waals surface area contributed by atoms with Gasteiger partial charge in [-0.05, 0) is 24.8 Å². The van der Waals surface area contributed by atoms with Crippen molar-refractivity contribution in [1.82, 2.24) is 14.3 Å². The van der Waals surface area contributed by atoms with E-state index < -0.39 is 10.0 Å². The average Bonchev–Trinajstić information content (AvgIpc) is 2.47. The maximum absolute atomic E-state index is 12.7. The quantitative estimate of drug-likeness (QED) is 0.882. The Kier molecular flexibility index (Phi) is 3.64. The summed E-state index contributed by atoms with van der Waals surface area (Å²) in [5.74, 6) is 0.209. The van der Waals surface area contributed by atoms with Crippen LogP contribution < -0.4 is 5.73 Å². The van der Waals surface area contributed by atoms with Crippen molar-refractivity contribution < 1.29 is 8.42 Å². The number of fused-ring (bicyclic) bond motifs is 1. The molecule has 1 aliphatic carbocycles. The molecule has 1 aromatic heterocycles. The largest absolute Gasteiger partial charge is 0.368 e. The highest BCUT2D eigenvalue weighted by Gasteiger charge is 2.35. The minimum Gasteiger partial charge on any atom is -0.368 e. The Morgan fingerprint density at radius 1 is 1.25 bits per heavy atom. The zero-order valence-corrected chi connectivity index (χ0v) is 12.3. The molecular weight excluding hydrogens is 276 g/mol. The summed E-state index contributed by atoms with van der Waals surface area (Å²) in [6, 6.07) is 0. The second-order valence-electron chi connectivity index (χ2n) is 5.59. The Morgan fingerprint density at radius 3 is 2.75 bits per heavy atom. The summed E-state index contributed by atoms with van der Waals surface area (Å²) in [4.78, 5) is 8.15. The number of nitrogens with zero attached hydrogens (tertiary/aromatic N) is 3. The number of rotatable bonds is 2. The lowest BCUT2D eigenvalue weighted by atomic mass is 10.0. The molecule has 0 spiro atoms. The summed E-state index contributed by atoms with van der Waals surface area (Å²) in [5, 5.41) is -0.211. The lowest BCUT2D eigenvalue weighted by molar-refractivity contribution is 0.366. The third-order valence-corrected chi connectivity index (χ3v) is 6.61. The van der Waals surface area contributed by atoms with E-state index in [4.69, 9.17) is 5.73 Å². The van der Waals surface area contributed by atoms with E-state index in [0.29, 0.717) is 19.5 Å². The molecule has 1 saturated carbocycles. The molecule has 0 saturated heterocycles. The van der Waals surface area contributed by atoms with Crippen LogP contribution in [0.1, 0.15) is 43.4 Å². The Hall–Kier alpha value is -1.21. The van der Waals surface area contributed by atoms with Gasteiger partial charge < -0.3 is 5.73 Å². The fourth-order valence-corrected chi connectivity index (χ4v) is 5.08. The maximum Gasteiger partial charge on any atom is 0.220 e. The van der Waals surface area contributed by atoms with E-state index in [1.807, 2.05) is 0 Å². The van der Waals surface area contributed by atoms with E-state index in [9.17, 15) is 8.42 Å². The third kappa shape index (κ3) is 2.52. The molecule has 2 aliphatic rings. The van der Waals surface area contributed by atoms with Gasteiger partial charge in [-0.25, -0.2) is 18.4 Å². The summed E-state index contributed by atoms with van der Waals surface area (Å²) in [6.07, 6.45) is 7.14. The van der Waals surface area contributed by atoms with Gasteiger partial charge in [0, 0.05) is 12.7 Å². The van der Waals surface area contributed by atoms with Crippen LogP contribution in [0.25, 0.3) is 0 Å². The number of hydrogen-bond donors (Lipinski definition) is 1. The molecule has 2 N–H and O–H groups in total. The normalized spacial score (nSPS) is 21.6. The van der Waals surface area contributed by atoms with Crippen molar-refractivity contribution in [3.63, 3.8) is 0 Å². The van der Waals surface area contributed by atoms with E-state index in [0.717, 1.165) is 43.4 Å². The first-order valence-corrected chi connectivity index (χ1v) is 8.67. The van der Waals surface area contributed by atoms with Crippen LogP contribution in [0, 0.1) is 0 Å².